The Morgan fingerprint density at radius 3 is 2.29 bits per heavy atom. The van der Waals surface area contributed by atoms with Crippen molar-refractivity contribution in [2.24, 2.45) is 0 Å². The van der Waals surface area contributed by atoms with Gasteiger partial charge in [0.25, 0.3) is 5.91 Å². The van der Waals surface area contributed by atoms with E-state index in [1.165, 1.54) is 17.0 Å². The van der Waals surface area contributed by atoms with Gasteiger partial charge in [0.1, 0.15) is 0 Å². The largest absolute Gasteiger partial charge is 0.478 e. The van der Waals surface area contributed by atoms with Crippen molar-refractivity contribution in [3.8, 4) is 0 Å². The number of carboxylic acid groups (broad SMARTS) is 1. The van der Waals surface area contributed by atoms with Crippen LogP contribution < -0.4 is 10.6 Å². The van der Waals surface area contributed by atoms with Crippen LogP contribution in [0.5, 0.6) is 0 Å². The van der Waals surface area contributed by atoms with Gasteiger partial charge in [-0.25, -0.2) is 4.79 Å². The van der Waals surface area contributed by atoms with Crippen LogP contribution in [-0.2, 0) is 0 Å². The lowest BCUT2D eigenvalue weighted by Crippen LogP contribution is -2.28. The second-order valence-corrected chi connectivity index (χ2v) is 4.81. The van der Waals surface area contributed by atoms with Gasteiger partial charge in [0.2, 0.25) is 0 Å². The molecular weight excluding hydrogens is 268 g/mol. The maximum absolute atomic E-state index is 12.4. The van der Waals surface area contributed by atoms with E-state index in [0.717, 1.165) is 5.56 Å². The summed E-state index contributed by atoms with van der Waals surface area (Å²) in [6, 6.07) is 11.5. The first-order valence-corrected chi connectivity index (χ1v) is 6.37. The lowest BCUT2D eigenvalue weighted by atomic mass is 10.1. The molecule has 0 unspecified atom stereocenters. The van der Waals surface area contributed by atoms with Gasteiger partial charge in [-0.2, -0.15) is 0 Å². The molecule has 0 aliphatic heterocycles. The van der Waals surface area contributed by atoms with E-state index in [1.54, 1.807) is 25.2 Å². The summed E-state index contributed by atoms with van der Waals surface area (Å²) in [5, 5.41) is 9.23. The molecule has 0 saturated carbocycles. The van der Waals surface area contributed by atoms with Gasteiger partial charge in [-0.1, -0.05) is 17.7 Å². The molecule has 0 aromatic heterocycles. The number of carboxylic acids is 1. The van der Waals surface area contributed by atoms with Crippen molar-refractivity contribution >= 4 is 23.3 Å². The average molecular weight is 284 g/mol. The fourth-order valence-corrected chi connectivity index (χ4v) is 2.02. The van der Waals surface area contributed by atoms with Gasteiger partial charge in [0, 0.05) is 18.3 Å². The van der Waals surface area contributed by atoms with Gasteiger partial charge in [0.05, 0.1) is 11.3 Å². The van der Waals surface area contributed by atoms with Crippen LogP contribution in [0, 0.1) is 6.92 Å². The molecule has 0 heterocycles. The van der Waals surface area contributed by atoms with Gasteiger partial charge in [-0.3, -0.25) is 4.79 Å². The molecule has 0 bridgehead atoms. The molecule has 0 aliphatic carbocycles. The maximum Gasteiger partial charge on any atom is 0.337 e. The molecule has 0 radical (unpaired) electrons. The highest BCUT2D eigenvalue weighted by Crippen LogP contribution is 2.24. The second kappa shape index (κ2) is 5.66. The minimum Gasteiger partial charge on any atom is -0.478 e. The summed E-state index contributed by atoms with van der Waals surface area (Å²) in [5.41, 5.74) is 7.79. The molecule has 1 amide bonds. The number of nitrogens with two attached hydrogens (primary N) is 1. The number of nitrogen functional groups attached to an aromatic ring is 1. The number of aryl methyl sites for hydroxylation is 1. The number of nitrogens with zero attached hydrogens (tertiary/aromatic N) is 1. The number of benzene rings is 2. The predicted molar refractivity (Wildman–Crippen MR) is 81.7 cm³/mol. The molecule has 0 atom stereocenters. The van der Waals surface area contributed by atoms with E-state index in [-0.39, 0.29) is 11.5 Å². The molecule has 5 heteroatoms. The lowest BCUT2D eigenvalue weighted by molar-refractivity contribution is 0.0698. The first kappa shape index (κ1) is 14.6. The number of carbonyl (C=O) groups excluding carboxylic acids is 1. The Morgan fingerprint density at radius 1 is 1.10 bits per heavy atom. The summed E-state index contributed by atoms with van der Waals surface area (Å²) < 4.78 is 0. The van der Waals surface area contributed by atoms with E-state index in [0.29, 0.717) is 16.9 Å². The zero-order valence-electron chi connectivity index (χ0n) is 11.8. The quantitative estimate of drug-likeness (QED) is 0.848. The Hall–Kier alpha value is -2.82. The lowest BCUT2D eigenvalue weighted by Gasteiger charge is -2.20. The third-order valence-corrected chi connectivity index (χ3v) is 3.22. The van der Waals surface area contributed by atoms with Crippen LogP contribution in [0.25, 0.3) is 0 Å². The molecule has 0 spiro atoms. The molecule has 21 heavy (non-hydrogen) atoms. The Bertz CT molecular complexity index is 693. The van der Waals surface area contributed by atoms with Crippen LogP contribution in [0.1, 0.15) is 26.3 Å². The molecule has 2 aromatic rings. The number of hydrogen-bond donors (Lipinski definition) is 2. The molecular formula is C16H16N2O3. The summed E-state index contributed by atoms with van der Waals surface area (Å²) in [6.45, 7) is 1.93. The Kier molecular flexibility index (Phi) is 3.93. The number of aromatic carboxylic acids is 1. The molecule has 0 fully saturated rings. The monoisotopic (exact) mass is 284 g/mol. The summed E-state index contributed by atoms with van der Waals surface area (Å²) in [4.78, 5) is 25.0. The topological polar surface area (TPSA) is 83.6 Å². The molecule has 2 rings (SSSR count). The van der Waals surface area contributed by atoms with Gasteiger partial charge in [-0.05, 0) is 37.3 Å². The first-order valence-electron chi connectivity index (χ1n) is 6.37. The van der Waals surface area contributed by atoms with Crippen molar-refractivity contribution in [2.45, 2.75) is 6.92 Å². The zero-order chi connectivity index (χ0) is 15.6. The number of carbonyl (C=O) groups is 2. The van der Waals surface area contributed by atoms with E-state index in [2.05, 4.69) is 0 Å². The second-order valence-electron chi connectivity index (χ2n) is 4.81. The fourth-order valence-electron chi connectivity index (χ4n) is 2.02. The summed E-state index contributed by atoms with van der Waals surface area (Å²) in [7, 11) is 1.54. The highest BCUT2D eigenvalue weighted by molar-refractivity contribution is 6.09. The molecule has 2 aromatic carbocycles. The minimum atomic E-state index is -1.12. The molecule has 0 saturated heterocycles. The SMILES string of the molecule is Cc1ccc(C(=O)N(C)c2ccc(N)cc2C(=O)O)cc1. The van der Waals surface area contributed by atoms with Crippen LogP contribution in [0.2, 0.25) is 0 Å². The summed E-state index contributed by atoms with van der Waals surface area (Å²) in [6.07, 6.45) is 0. The number of hydrogen-bond acceptors (Lipinski definition) is 3. The highest BCUT2D eigenvalue weighted by Gasteiger charge is 2.19. The summed E-state index contributed by atoms with van der Waals surface area (Å²) >= 11 is 0. The smallest absolute Gasteiger partial charge is 0.337 e. The third kappa shape index (κ3) is 3.02. The van der Waals surface area contributed by atoms with Crippen molar-refractivity contribution in [1.29, 1.82) is 0 Å². The first-order chi connectivity index (χ1) is 9.90. The van der Waals surface area contributed by atoms with Crippen molar-refractivity contribution in [3.05, 3.63) is 59.2 Å². The van der Waals surface area contributed by atoms with Crippen LogP contribution >= 0.6 is 0 Å². The van der Waals surface area contributed by atoms with E-state index in [4.69, 9.17) is 5.73 Å². The number of rotatable bonds is 3. The maximum atomic E-state index is 12.4. The summed E-state index contributed by atoms with van der Waals surface area (Å²) in [5.74, 6) is -1.40. The molecule has 0 aliphatic rings. The third-order valence-electron chi connectivity index (χ3n) is 3.22. The van der Waals surface area contributed by atoms with Crippen molar-refractivity contribution in [3.63, 3.8) is 0 Å². The van der Waals surface area contributed by atoms with Gasteiger partial charge in [-0.15, -0.1) is 0 Å². The Balaban J connectivity index is 2.40. The molecule has 3 N–H and O–H groups in total. The van der Waals surface area contributed by atoms with Crippen LogP contribution in [0.15, 0.2) is 42.5 Å². The van der Waals surface area contributed by atoms with Gasteiger partial charge >= 0.3 is 5.97 Å². The molecule has 5 nitrogen and oxygen atoms in total. The minimum absolute atomic E-state index is 0.00189. The van der Waals surface area contributed by atoms with Crippen molar-refractivity contribution in [2.75, 3.05) is 17.7 Å². The number of amides is 1. The van der Waals surface area contributed by atoms with E-state index >= 15 is 0 Å². The van der Waals surface area contributed by atoms with Gasteiger partial charge < -0.3 is 15.7 Å². The van der Waals surface area contributed by atoms with Crippen molar-refractivity contribution in [1.82, 2.24) is 0 Å². The van der Waals surface area contributed by atoms with Crippen LogP contribution in [0.3, 0.4) is 0 Å². The average Bonchev–Trinajstić information content (AvgIpc) is 2.46. The standard InChI is InChI=1S/C16H16N2O3/c1-10-3-5-11(6-4-10)15(19)18(2)14-8-7-12(17)9-13(14)16(20)21/h3-9H,17H2,1-2H3,(H,20,21). The van der Waals surface area contributed by atoms with E-state index < -0.39 is 5.97 Å². The van der Waals surface area contributed by atoms with Gasteiger partial charge in [0.15, 0.2) is 0 Å². The predicted octanol–water partition coefficient (Wildman–Crippen LogP) is 2.55. The highest BCUT2D eigenvalue weighted by atomic mass is 16.4. The Labute approximate surface area is 122 Å². The van der Waals surface area contributed by atoms with Crippen LogP contribution in [0.4, 0.5) is 11.4 Å². The van der Waals surface area contributed by atoms with E-state index in [9.17, 15) is 14.7 Å². The number of anilines is 2. The normalized spacial score (nSPS) is 10.2. The van der Waals surface area contributed by atoms with Crippen LogP contribution in [-0.4, -0.2) is 24.0 Å². The zero-order valence-corrected chi connectivity index (χ0v) is 11.8. The fraction of sp³-hybridized carbons (Fsp3) is 0.125. The Morgan fingerprint density at radius 2 is 1.71 bits per heavy atom. The molecule has 108 valence electrons. The van der Waals surface area contributed by atoms with Crippen molar-refractivity contribution < 1.29 is 14.7 Å². The van der Waals surface area contributed by atoms with E-state index in [1.807, 2.05) is 19.1 Å².